The van der Waals surface area contributed by atoms with Crippen LogP contribution in [0.25, 0.3) is 0 Å². The molecule has 1 heterocycles. The van der Waals surface area contributed by atoms with Crippen LogP contribution in [0.15, 0.2) is 22.7 Å². The molecule has 1 aromatic carbocycles. The maximum Gasteiger partial charge on any atom is 0.130 e. The van der Waals surface area contributed by atoms with Gasteiger partial charge in [-0.05, 0) is 25.0 Å². The average molecular weight is 313 g/mol. The molecule has 2 rings (SSSR count). The molecule has 18 heavy (non-hydrogen) atoms. The van der Waals surface area contributed by atoms with Crippen LogP contribution in [0, 0.1) is 17.1 Å². The molecule has 5 heteroatoms. The van der Waals surface area contributed by atoms with Gasteiger partial charge < -0.3 is 4.74 Å². The highest BCUT2D eigenvalue weighted by Crippen LogP contribution is 2.21. The highest BCUT2D eigenvalue weighted by Gasteiger charge is 2.19. The Kier molecular flexibility index (Phi) is 4.70. The van der Waals surface area contributed by atoms with Crippen molar-refractivity contribution in [1.82, 2.24) is 5.32 Å². The monoisotopic (exact) mass is 312 g/mol. The minimum Gasteiger partial charge on any atom is -0.377 e. The molecule has 3 nitrogen and oxygen atoms in total. The quantitative estimate of drug-likeness (QED) is 0.929. The van der Waals surface area contributed by atoms with Crippen LogP contribution in [0.4, 0.5) is 4.39 Å². The normalized spacial score (nSPS) is 20.6. The van der Waals surface area contributed by atoms with Gasteiger partial charge in [0.1, 0.15) is 11.9 Å². The second-order valence-corrected chi connectivity index (χ2v) is 5.19. The number of ether oxygens (including phenoxy) is 1. The van der Waals surface area contributed by atoms with Gasteiger partial charge in [-0.1, -0.05) is 22.0 Å². The zero-order chi connectivity index (χ0) is 13.0. The molecule has 0 saturated carbocycles. The van der Waals surface area contributed by atoms with Gasteiger partial charge in [-0.2, -0.15) is 5.26 Å². The Morgan fingerprint density at radius 2 is 2.44 bits per heavy atom. The minimum atomic E-state index is -0.637. The molecule has 2 unspecified atom stereocenters. The van der Waals surface area contributed by atoms with Gasteiger partial charge in [0.2, 0.25) is 0 Å². The Hall–Kier alpha value is -0.960. The lowest BCUT2D eigenvalue weighted by Crippen LogP contribution is -2.29. The van der Waals surface area contributed by atoms with Crippen molar-refractivity contribution >= 4 is 15.9 Å². The fourth-order valence-corrected chi connectivity index (χ4v) is 2.35. The van der Waals surface area contributed by atoms with Crippen LogP contribution in [-0.2, 0) is 4.74 Å². The summed E-state index contributed by atoms with van der Waals surface area (Å²) in [5.41, 5.74) is 0.374. The molecule has 0 bridgehead atoms. The largest absolute Gasteiger partial charge is 0.377 e. The fraction of sp³-hybridized carbons (Fsp3) is 0.462. The second kappa shape index (κ2) is 6.28. The Bertz CT molecular complexity index is 455. The van der Waals surface area contributed by atoms with Crippen LogP contribution < -0.4 is 5.32 Å². The summed E-state index contributed by atoms with van der Waals surface area (Å²) in [6.07, 6.45) is 2.18. The van der Waals surface area contributed by atoms with E-state index < -0.39 is 6.04 Å². The summed E-state index contributed by atoms with van der Waals surface area (Å²) in [4.78, 5) is 0. The molecule has 1 aliphatic rings. The van der Waals surface area contributed by atoms with Crippen molar-refractivity contribution in [2.45, 2.75) is 25.0 Å². The standard InChI is InChI=1S/C13H14BrFN2O/c14-9-3-4-11(12(15)6-9)13(7-16)17-8-10-2-1-5-18-10/h3-4,6,10,13,17H,1-2,5,8H2. The summed E-state index contributed by atoms with van der Waals surface area (Å²) in [6.45, 7) is 1.35. The second-order valence-electron chi connectivity index (χ2n) is 4.27. The molecule has 1 aromatic rings. The Morgan fingerprint density at radius 3 is 3.06 bits per heavy atom. The number of nitriles is 1. The Balaban J connectivity index is 2.01. The van der Waals surface area contributed by atoms with Crippen molar-refractivity contribution < 1.29 is 9.13 Å². The van der Waals surface area contributed by atoms with Crippen molar-refractivity contribution in [1.29, 1.82) is 5.26 Å². The smallest absolute Gasteiger partial charge is 0.130 e. The fourth-order valence-electron chi connectivity index (χ4n) is 2.02. The summed E-state index contributed by atoms with van der Waals surface area (Å²) >= 11 is 3.20. The molecule has 1 aliphatic heterocycles. The van der Waals surface area contributed by atoms with Gasteiger partial charge in [-0.3, -0.25) is 5.32 Å². The van der Waals surface area contributed by atoms with E-state index in [1.165, 1.54) is 6.07 Å². The number of benzene rings is 1. The highest BCUT2D eigenvalue weighted by atomic mass is 79.9. The van der Waals surface area contributed by atoms with Gasteiger partial charge in [0.15, 0.2) is 0 Å². The maximum absolute atomic E-state index is 13.7. The first kappa shape index (κ1) is 13.5. The summed E-state index contributed by atoms with van der Waals surface area (Å²) < 4.78 is 19.9. The topological polar surface area (TPSA) is 45.0 Å². The van der Waals surface area contributed by atoms with Gasteiger partial charge >= 0.3 is 0 Å². The van der Waals surface area contributed by atoms with Crippen LogP contribution in [0.5, 0.6) is 0 Å². The number of nitrogens with zero attached hydrogens (tertiary/aromatic N) is 1. The van der Waals surface area contributed by atoms with Crippen molar-refractivity contribution in [3.05, 3.63) is 34.1 Å². The van der Waals surface area contributed by atoms with Crippen molar-refractivity contribution in [3.8, 4) is 6.07 Å². The SMILES string of the molecule is N#CC(NCC1CCCO1)c1ccc(Br)cc1F. The van der Waals surface area contributed by atoms with Gasteiger partial charge in [0.05, 0.1) is 12.2 Å². The first-order valence-corrected chi connectivity index (χ1v) is 6.69. The Morgan fingerprint density at radius 1 is 1.61 bits per heavy atom. The predicted molar refractivity (Wildman–Crippen MR) is 69.4 cm³/mol. The first-order valence-electron chi connectivity index (χ1n) is 5.90. The van der Waals surface area contributed by atoms with E-state index in [0.717, 1.165) is 19.4 Å². The number of hydrogen-bond donors (Lipinski definition) is 1. The van der Waals surface area contributed by atoms with Crippen LogP contribution in [-0.4, -0.2) is 19.3 Å². The van der Waals surface area contributed by atoms with Crippen LogP contribution in [0.3, 0.4) is 0 Å². The third kappa shape index (κ3) is 3.29. The van der Waals surface area contributed by atoms with Crippen LogP contribution in [0.2, 0.25) is 0 Å². The first-order chi connectivity index (χ1) is 8.70. The van der Waals surface area contributed by atoms with E-state index >= 15 is 0 Å². The minimum absolute atomic E-state index is 0.138. The lowest BCUT2D eigenvalue weighted by Gasteiger charge is -2.16. The van der Waals surface area contributed by atoms with Gasteiger partial charge in [0, 0.05) is 23.2 Å². The highest BCUT2D eigenvalue weighted by molar-refractivity contribution is 9.10. The molecule has 0 aliphatic carbocycles. The van der Waals surface area contributed by atoms with Crippen molar-refractivity contribution in [2.24, 2.45) is 0 Å². The summed E-state index contributed by atoms with van der Waals surface area (Å²) in [5, 5.41) is 12.2. The summed E-state index contributed by atoms with van der Waals surface area (Å²) in [7, 11) is 0. The molecule has 1 N–H and O–H groups in total. The van der Waals surface area contributed by atoms with Crippen LogP contribution >= 0.6 is 15.9 Å². The van der Waals surface area contributed by atoms with Crippen molar-refractivity contribution in [2.75, 3.05) is 13.2 Å². The number of hydrogen-bond acceptors (Lipinski definition) is 3. The zero-order valence-corrected chi connectivity index (χ0v) is 11.4. The molecule has 1 saturated heterocycles. The molecule has 96 valence electrons. The molecular weight excluding hydrogens is 299 g/mol. The Labute approximate surface area is 114 Å². The molecule has 0 aromatic heterocycles. The molecule has 0 spiro atoms. The van der Waals surface area contributed by atoms with E-state index in [2.05, 4.69) is 27.3 Å². The van der Waals surface area contributed by atoms with Gasteiger partial charge in [-0.25, -0.2) is 4.39 Å². The molecule has 2 atom stereocenters. The lowest BCUT2D eigenvalue weighted by molar-refractivity contribution is 0.109. The third-order valence-electron chi connectivity index (χ3n) is 2.98. The van der Waals surface area contributed by atoms with Crippen molar-refractivity contribution in [3.63, 3.8) is 0 Å². The van der Waals surface area contributed by atoms with Gasteiger partial charge in [0.25, 0.3) is 0 Å². The van der Waals surface area contributed by atoms with E-state index in [0.29, 0.717) is 16.6 Å². The molecular formula is C13H14BrFN2O. The molecule has 0 radical (unpaired) electrons. The molecule has 0 amide bonds. The number of rotatable bonds is 4. The van der Waals surface area contributed by atoms with E-state index in [4.69, 9.17) is 10.00 Å². The number of halogens is 2. The average Bonchev–Trinajstić information content (AvgIpc) is 2.85. The third-order valence-corrected chi connectivity index (χ3v) is 3.47. The predicted octanol–water partition coefficient (Wildman–Crippen LogP) is 2.92. The summed E-state index contributed by atoms with van der Waals surface area (Å²) in [5.74, 6) is -0.379. The summed E-state index contributed by atoms with van der Waals surface area (Å²) in [6, 6.07) is 6.17. The van der Waals surface area contributed by atoms with E-state index in [1.807, 2.05) is 0 Å². The van der Waals surface area contributed by atoms with E-state index in [9.17, 15) is 4.39 Å². The van der Waals surface area contributed by atoms with E-state index in [-0.39, 0.29) is 11.9 Å². The van der Waals surface area contributed by atoms with Crippen LogP contribution in [0.1, 0.15) is 24.4 Å². The lowest BCUT2D eigenvalue weighted by atomic mass is 10.1. The van der Waals surface area contributed by atoms with E-state index in [1.54, 1.807) is 12.1 Å². The molecule has 1 fully saturated rings. The number of nitrogens with one attached hydrogen (secondary N) is 1. The maximum atomic E-state index is 13.7. The van der Waals surface area contributed by atoms with Gasteiger partial charge in [-0.15, -0.1) is 0 Å². The zero-order valence-electron chi connectivity index (χ0n) is 9.83.